The van der Waals surface area contributed by atoms with Crippen LogP contribution in [0.2, 0.25) is 0 Å². The Bertz CT molecular complexity index is 352. The zero-order chi connectivity index (χ0) is 13.4. The number of hydrogen-bond acceptors (Lipinski definition) is 1. The summed E-state index contributed by atoms with van der Waals surface area (Å²) in [6, 6.07) is 4.15. The highest BCUT2D eigenvalue weighted by molar-refractivity contribution is 5.20. The summed E-state index contributed by atoms with van der Waals surface area (Å²) in [5.41, 5.74) is 0.794. The predicted octanol–water partition coefficient (Wildman–Crippen LogP) is 4.59. The van der Waals surface area contributed by atoms with Crippen molar-refractivity contribution in [3.63, 3.8) is 0 Å². The molecular weight excluding hydrogens is 232 g/mol. The van der Waals surface area contributed by atoms with Crippen molar-refractivity contribution in [3.8, 4) is 0 Å². The van der Waals surface area contributed by atoms with Gasteiger partial charge in [-0.25, -0.2) is 8.78 Å². The van der Waals surface area contributed by atoms with E-state index in [4.69, 9.17) is 0 Å². The number of halogens is 2. The van der Waals surface area contributed by atoms with Gasteiger partial charge in [0.15, 0.2) is 11.6 Å². The van der Waals surface area contributed by atoms with Crippen molar-refractivity contribution in [2.45, 2.75) is 52.0 Å². The topological polar surface area (TPSA) is 12.0 Å². The van der Waals surface area contributed by atoms with E-state index in [1.807, 2.05) is 6.92 Å². The molecule has 0 saturated heterocycles. The molecule has 102 valence electrons. The van der Waals surface area contributed by atoms with Crippen molar-refractivity contribution >= 4 is 0 Å². The van der Waals surface area contributed by atoms with Crippen LogP contribution in [0.25, 0.3) is 0 Å². The largest absolute Gasteiger partial charge is 0.310 e. The Kier molecular flexibility index (Phi) is 6.88. The molecule has 0 fully saturated rings. The molecule has 0 saturated carbocycles. The van der Waals surface area contributed by atoms with Crippen molar-refractivity contribution in [3.05, 3.63) is 35.4 Å². The third-order valence-electron chi connectivity index (χ3n) is 3.17. The molecule has 1 aromatic carbocycles. The average Bonchev–Trinajstić information content (AvgIpc) is 2.36. The molecule has 0 aliphatic rings. The van der Waals surface area contributed by atoms with E-state index in [1.165, 1.54) is 37.8 Å². The molecule has 0 aliphatic heterocycles. The Balaban J connectivity index is 2.27. The zero-order valence-corrected chi connectivity index (χ0v) is 11.3. The first-order chi connectivity index (χ1) is 8.65. The van der Waals surface area contributed by atoms with Gasteiger partial charge in [-0.2, -0.15) is 0 Å². The van der Waals surface area contributed by atoms with Gasteiger partial charge in [0.05, 0.1) is 0 Å². The Morgan fingerprint density at radius 2 is 1.78 bits per heavy atom. The zero-order valence-electron chi connectivity index (χ0n) is 11.3. The molecule has 18 heavy (non-hydrogen) atoms. The fraction of sp³-hybridized carbons (Fsp3) is 0.600. The molecule has 0 amide bonds. The van der Waals surface area contributed by atoms with Gasteiger partial charge >= 0.3 is 0 Å². The van der Waals surface area contributed by atoms with Crippen LogP contribution in [0.3, 0.4) is 0 Å². The highest BCUT2D eigenvalue weighted by Gasteiger charge is 2.08. The minimum Gasteiger partial charge on any atom is -0.310 e. The molecule has 0 radical (unpaired) electrons. The van der Waals surface area contributed by atoms with Gasteiger partial charge in [0.1, 0.15) is 0 Å². The first-order valence-corrected chi connectivity index (χ1v) is 6.83. The molecule has 1 nitrogen and oxygen atoms in total. The van der Waals surface area contributed by atoms with Crippen LogP contribution in [0.4, 0.5) is 8.78 Å². The number of benzene rings is 1. The Morgan fingerprint density at radius 1 is 1.06 bits per heavy atom. The molecule has 1 unspecified atom stereocenters. The van der Waals surface area contributed by atoms with Gasteiger partial charge in [0, 0.05) is 6.04 Å². The Hall–Kier alpha value is -0.960. The average molecular weight is 255 g/mol. The Morgan fingerprint density at radius 3 is 2.44 bits per heavy atom. The van der Waals surface area contributed by atoms with Crippen LogP contribution in [0.15, 0.2) is 18.2 Å². The van der Waals surface area contributed by atoms with Gasteiger partial charge in [-0.3, -0.25) is 0 Å². The summed E-state index contributed by atoms with van der Waals surface area (Å²) >= 11 is 0. The van der Waals surface area contributed by atoms with Gasteiger partial charge in [0.2, 0.25) is 0 Å². The van der Waals surface area contributed by atoms with Crippen LogP contribution >= 0.6 is 0 Å². The standard InChI is InChI=1S/C15H23F2N/c1-3-4-5-6-7-10-18-12(2)13-8-9-14(16)15(17)11-13/h8-9,11-12,18H,3-7,10H2,1-2H3. The Labute approximate surface area is 109 Å². The minimum absolute atomic E-state index is 0.0614. The third kappa shape index (κ3) is 5.13. The summed E-state index contributed by atoms with van der Waals surface area (Å²) in [6.45, 7) is 5.09. The van der Waals surface area contributed by atoms with Gasteiger partial charge in [-0.1, -0.05) is 38.7 Å². The van der Waals surface area contributed by atoms with E-state index in [-0.39, 0.29) is 6.04 Å². The van der Waals surface area contributed by atoms with Crippen molar-refractivity contribution < 1.29 is 8.78 Å². The number of nitrogens with one attached hydrogen (secondary N) is 1. The molecular formula is C15H23F2N. The van der Waals surface area contributed by atoms with Gasteiger partial charge in [-0.05, 0) is 37.6 Å². The monoisotopic (exact) mass is 255 g/mol. The van der Waals surface area contributed by atoms with Crippen molar-refractivity contribution in [1.82, 2.24) is 5.32 Å². The summed E-state index contributed by atoms with van der Waals surface area (Å²) < 4.78 is 25.9. The summed E-state index contributed by atoms with van der Waals surface area (Å²) in [4.78, 5) is 0. The van der Waals surface area contributed by atoms with E-state index in [0.29, 0.717) is 0 Å². The second-order valence-electron chi connectivity index (χ2n) is 4.76. The fourth-order valence-electron chi connectivity index (χ4n) is 1.95. The van der Waals surface area contributed by atoms with E-state index >= 15 is 0 Å². The lowest BCUT2D eigenvalue weighted by molar-refractivity contribution is 0.497. The number of unbranched alkanes of at least 4 members (excludes halogenated alkanes) is 4. The second kappa shape index (κ2) is 8.20. The van der Waals surface area contributed by atoms with Crippen LogP contribution in [0, 0.1) is 11.6 Å². The second-order valence-corrected chi connectivity index (χ2v) is 4.76. The molecule has 1 N–H and O–H groups in total. The van der Waals surface area contributed by atoms with Crippen LogP contribution in [-0.2, 0) is 0 Å². The predicted molar refractivity (Wildman–Crippen MR) is 71.5 cm³/mol. The SMILES string of the molecule is CCCCCCCNC(C)c1ccc(F)c(F)c1. The summed E-state index contributed by atoms with van der Waals surface area (Å²) in [5.74, 6) is -1.56. The van der Waals surface area contributed by atoms with Crippen LogP contribution in [-0.4, -0.2) is 6.54 Å². The maximum atomic E-state index is 13.1. The van der Waals surface area contributed by atoms with Gasteiger partial charge in [0.25, 0.3) is 0 Å². The van der Waals surface area contributed by atoms with Crippen molar-refractivity contribution in [1.29, 1.82) is 0 Å². The van der Waals surface area contributed by atoms with E-state index in [1.54, 1.807) is 6.07 Å². The molecule has 0 aliphatic carbocycles. The lowest BCUT2D eigenvalue weighted by Gasteiger charge is -2.14. The highest BCUT2D eigenvalue weighted by Crippen LogP contribution is 2.16. The molecule has 1 atom stereocenters. The van der Waals surface area contributed by atoms with Gasteiger partial charge in [-0.15, -0.1) is 0 Å². The summed E-state index contributed by atoms with van der Waals surface area (Å²) in [5, 5.41) is 3.33. The maximum Gasteiger partial charge on any atom is 0.159 e. The molecule has 0 spiro atoms. The van der Waals surface area contributed by atoms with Crippen LogP contribution in [0.1, 0.15) is 57.6 Å². The van der Waals surface area contributed by atoms with Gasteiger partial charge < -0.3 is 5.32 Å². The fourth-order valence-corrected chi connectivity index (χ4v) is 1.95. The molecule has 0 aromatic heterocycles. The van der Waals surface area contributed by atoms with E-state index in [0.717, 1.165) is 18.5 Å². The molecule has 0 bridgehead atoms. The normalized spacial score (nSPS) is 12.7. The van der Waals surface area contributed by atoms with E-state index in [9.17, 15) is 8.78 Å². The third-order valence-corrected chi connectivity index (χ3v) is 3.17. The number of rotatable bonds is 8. The maximum absolute atomic E-state index is 13.1. The lowest BCUT2D eigenvalue weighted by atomic mass is 10.1. The quantitative estimate of drug-likeness (QED) is 0.670. The summed E-state index contributed by atoms with van der Waals surface area (Å²) in [6.07, 6.45) is 6.18. The minimum atomic E-state index is -0.787. The van der Waals surface area contributed by atoms with Crippen molar-refractivity contribution in [2.75, 3.05) is 6.54 Å². The van der Waals surface area contributed by atoms with Crippen molar-refractivity contribution in [2.24, 2.45) is 0 Å². The van der Waals surface area contributed by atoms with Crippen LogP contribution < -0.4 is 5.32 Å². The molecule has 0 heterocycles. The summed E-state index contributed by atoms with van der Waals surface area (Å²) in [7, 11) is 0. The molecule has 1 aromatic rings. The van der Waals surface area contributed by atoms with Crippen LogP contribution in [0.5, 0.6) is 0 Å². The highest BCUT2D eigenvalue weighted by atomic mass is 19.2. The smallest absolute Gasteiger partial charge is 0.159 e. The lowest BCUT2D eigenvalue weighted by Crippen LogP contribution is -2.20. The first kappa shape index (κ1) is 15.1. The van der Waals surface area contributed by atoms with E-state index in [2.05, 4.69) is 12.2 Å². The molecule has 1 rings (SSSR count). The van der Waals surface area contributed by atoms with E-state index < -0.39 is 11.6 Å². The first-order valence-electron chi connectivity index (χ1n) is 6.83. The number of hydrogen-bond donors (Lipinski definition) is 1. The molecule has 3 heteroatoms.